The smallest absolute Gasteiger partial charge is 0.259 e. The second-order valence-electron chi connectivity index (χ2n) is 5.26. The summed E-state index contributed by atoms with van der Waals surface area (Å²) in [6.07, 6.45) is 1.69. The quantitative estimate of drug-likeness (QED) is 0.911. The lowest BCUT2D eigenvalue weighted by Gasteiger charge is -2.16. The standard InChI is InChI=1S/C17H16ClNO3/c1-22-15-4-2-3-14(20)16(15)17(21)19-13-8-5-10-9-11(18)6-7-12(10)13/h2-4,6-7,9,13,20H,5,8H2,1H3,(H,19,21)/t13-/m1/s1. The van der Waals surface area contributed by atoms with Gasteiger partial charge in [0.05, 0.1) is 13.2 Å². The van der Waals surface area contributed by atoms with Crippen LogP contribution < -0.4 is 10.1 Å². The molecule has 1 aliphatic carbocycles. The number of phenols is 1. The highest BCUT2D eigenvalue weighted by Gasteiger charge is 2.26. The van der Waals surface area contributed by atoms with Gasteiger partial charge in [-0.2, -0.15) is 0 Å². The number of aryl methyl sites for hydroxylation is 1. The summed E-state index contributed by atoms with van der Waals surface area (Å²) in [5.41, 5.74) is 2.39. The highest BCUT2D eigenvalue weighted by atomic mass is 35.5. The van der Waals surface area contributed by atoms with Crippen LogP contribution in [0.3, 0.4) is 0 Å². The lowest BCUT2D eigenvalue weighted by atomic mass is 10.1. The summed E-state index contributed by atoms with van der Waals surface area (Å²) in [7, 11) is 1.47. The van der Waals surface area contributed by atoms with Crippen LogP contribution in [0.5, 0.6) is 11.5 Å². The van der Waals surface area contributed by atoms with Crippen LogP contribution in [-0.4, -0.2) is 18.1 Å². The van der Waals surface area contributed by atoms with Crippen LogP contribution in [0.4, 0.5) is 0 Å². The van der Waals surface area contributed by atoms with Crippen molar-refractivity contribution in [2.75, 3.05) is 7.11 Å². The first-order chi connectivity index (χ1) is 10.6. The summed E-state index contributed by atoms with van der Waals surface area (Å²) in [5.74, 6) is -0.0826. The molecule has 0 aromatic heterocycles. The van der Waals surface area contributed by atoms with E-state index < -0.39 is 0 Å². The first kappa shape index (κ1) is 14.7. The normalized spacial score (nSPS) is 16.2. The average molecular weight is 318 g/mol. The number of carbonyl (C=O) groups is 1. The van der Waals surface area contributed by atoms with E-state index in [0.717, 1.165) is 24.0 Å². The molecule has 114 valence electrons. The summed E-state index contributed by atoms with van der Waals surface area (Å²) in [6, 6.07) is 10.4. The third-order valence-corrected chi connectivity index (χ3v) is 4.17. The molecule has 0 heterocycles. The van der Waals surface area contributed by atoms with Crippen LogP contribution in [0.1, 0.15) is 33.9 Å². The number of amides is 1. The summed E-state index contributed by atoms with van der Waals surface area (Å²) in [6.45, 7) is 0. The molecule has 4 nitrogen and oxygen atoms in total. The molecule has 0 aliphatic heterocycles. The van der Waals surface area contributed by atoms with Gasteiger partial charge in [-0.15, -0.1) is 0 Å². The lowest BCUT2D eigenvalue weighted by molar-refractivity contribution is 0.0931. The van der Waals surface area contributed by atoms with Gasteiger partial charge in [-0.3, -0.25) is 4.79 Å². The average Bonchev–Trinajstić information content (AvgIpc) is 2.88. The van der Waals surface area contributed by atoms with Crippen molar-refractivity contribution in [1.82, 2.24) is 5.32 Å². The molecule has 1 amide bonds. The van der Waals surface area contributed by atoms with Gasteiger partial charge in [-0.1, -0.05) is 23.7 Å². The Balaban J connectivity index is 1.85. The number of hydrogen-bond acceptors (Lipinski definition) is 3. The first-order valence-corrected chi connectivity index (χ1v) is 7.43. The van der Waals surface area contributed by atoms with Gasteiger partial charge in [-0.25, -0.2) is 0 Å². The Morgan fingerprint density at radius 2 is 2.18 bits per heavy atom. The molecule has 22 heavy (non-hydrogen) atoms. The number of nitrogens with one attached hydrogen (secondary N) is 1. The van der Waals surface area contributed by atoms with E-state index in [2.05, 4.69) is 5.32 Å². The Kier molecular flexibility index (Phi) is 3.94. The molecule has 0 fully saturated rings. The van der Waals surface area contributed by atoms with Crippen LogP contribution in [0.2, 0.25) is 5.02 Å². The van der Waals surface area contributed by atoms with Gasteiger partial charge in [-0.05, 0) is 48.2 Å². The predicted octanol–water partition coefficient (Wildman–Crippen LogP) is 3.47. The maximum Gasteiger partial charge on any atom is 0.259 e. The second kappa shape index (κ2) is 5.89. The van der Waals surface area contributed by atoms with Crippen LogP contribution in [0.25, 0.3) is 0 Å². The minimum atomic E-state index is -0.345. The number of aromatic hydroxyl groups is 1. The molecule has 1 atom stereocenters. The molecule has 2 aromatic carbocycles. The van der Waals surface area contributed by atoms with Crippen molar-refractivity contribution in [3.8, 4) is 11.5 Å². The summed E-state index contributed by atoms with van der Waals surface area (Å²) in [4.78, 5) is 12.5. The summed E-state index contributed by atoms with van der Waals surface area (Å²) < 4.78 is 5.16. The van der Waals surface area contributed by atoms with Crippen molar-refractivity contribution < 1.29 is 14.6 Å². The van der Waals surface area contributed by atoms with E-state index in [9.17, 15) is 9.90 Å². The third-order valence-electron chi connectivity index (χ3n) is 3.94. The zero-order chi connectivity index (χ0) is 15.7. The van der Waals surface area contributed by atoms with Crippen molar-refractivity contribution in [3.05, 3.63) is 58.1 Å². The zero-order valence-electron chi connectivity index (χ0n) is 12.1. The van der Waals surface area contributed by atoms with Crippen LogP contribution in [0.15, 0.2) is 36.4 Å². The van der Waals surface area contributed by atoms with Gasteiger partial charge in [0.1, 0.15) is 17.1 Å². The maximum absolute atomic E-state index is 12.5. The molecule has 0 saturated heterocycles. The molecule has 0 unspecified atom stereocenters. The van der Waals surface area contributed by atoms with Crippen molar-refractivity contribution in [3.63, 3.8) is 0 Å². The van der Waals surface area contributed by atoms with Crippen LogP contribution in [-0.2, 0) is 6.42 Å². The molecule has 1 aliphatic rings. The molecule has 5 heteroatoms. The van der Waals surface area contributed by atoms with Gasteiger partial charge < -0.3 is 15.2 Å². The fourth-order valence-corrected chi connectivity index (χ4v) is 3.08. The third kappa shape index (κ3) is 2.62. The molecular weight excluding hydrogens is 302 g/mol. The van der Waals surface area contributed by atoms with E-state index in [4.69, 9.17) is 16.3 Å². The number of phenolic OH excluding ortho intramolecular Hbond substituents is 1. The fourth-order valence-electron chi connectivity index (χ4n) is 2.88. The Bertz CT molecular complexity index is 730. The first-order valence-electron chi connectivity index (χ1n) is 7.05. The van der Waals surface area contributed by atoms with Crippen LogP contribution >= 0.6 is 11.6 Å². The molecule has 0 radical (unpaired) electrons. The van der Waals surface area contributed by atoms with Gasteiger partial charge in [0.15, 0.2) is 0 Å². The molecule has 0 saturated carbocycles. The molecular formula is C17H16ClNO3. The van der Waals surface area contributed by atoms with Crippen LogP contribution in [0, 0.1) is 0 Å². The van der Waals surface area contributed by atoms with Crippen molar-refractivity contribution in [2.45, 2.75) is 18.9 Å². The Hall–Kier alpha value is -2.20. The predicted molar refractivity (Wildman–Crippen MR) is 84.6 cm³/mol. The number of fused-ring (bicyclic) bond motifs is 1. The number of benzene rings is 2. The second-order valence-corrected chi connectivity index (χ2v) is 5.70. The topological polar surface area (TPSA) is 58.6 Å². The number of halogens is 1. The molecule has 2 aromatic rings. The van der Waals surface area contributed by atoms with Crippen molar-refractivity contribution in [2.24, 2.45) is 0 Å². The monoisotopic (exact) mass is 317 g/mol. The van der Waals surface area contributed by atoms with Gasteiger partial charge in [0, 0.05) is 5.02 Å². The van der Waals surface area contributed by atoms with E-state index in [1.165, 1.54) is 13.2 Å². The summed E-state index contributed by atoms with van der Waals surface area (Å²) >= 11 is 6.00. The minimum Gasteiger partial charge on any atom is -0.507 e. The molecule has 0 bridgehead atoms. The Labute approximate surface area is 133 Å². The zero-order valence-corrected chi connectivity index (χ0v) is 12.9. The highest BCUT2D eigenvalue weighted by Crippen LogP contribution is 2.34. The van der Waals surface area contributed by atoms with Gasteiger partial charge in [0.25, 0.3) is 5.91 Å². The molecule has 2 N–H and O–H groups in total. The van der Waals surface area contributed by atoms with E-state index in [1.54, 1.807) is 12.1 Å². The van der Waals surface area contributed by atoms with Crippen molar-refractivity contribution in [1.29, 1.82) is 0 Å². The number of rotatable bonds is 3. The summed E-state index contributed by atoms with van der Waals surface area (Å²) in [5, 5.41) is 13.6. The molecule has 3 rings (SSSR count). The SMILES string of the molecule is COc1cccc(O)c1C(=O)N[C@@H]1CCc2cc(Cl)ccc21. The van der Waals surface area contributed by atoms with Gasteiger partial charge in [0.2, 0.25) is 0 Å². The van der Waals surface area contributed by atoms with Crippen molar-refractivity contribution >= 4 is 17.5 Å². The van der Waals surface area contributed by atoms with E-state index in [0.29, 0.717) is 10.8 Å². The van der Waals surface area contributed by atoms with E-state index >= 15 is 0 Å². The minimum absolute atomic E-state index is 0.0796. The van der Waals surface area contributed by atoms with Gasteiger partial charge >= 0.3 is 0 Å². The fraction of sp³-hybridized carbons (Fsp3) is 0.235. The highest BCUT2D eigenvalue weighted by molar-refractivity contribution is 6.30. The molecule has 0 spiro atoms. The van der Waals surface area contributed by atoms with E-state index in [-0.39, 0.29) is 23.3 Å². The Morgan fingerprint density at radius 1 is 1.36 bits per heavy atom. The maximum atomic E-state index is 12.5. The lowest BCUT2D eigenvalue weighted by Crippen LogP contribution is -2.27. The number of methoxy groups -OCH3 is 1. The number of hydrogen-bond donors (Lipinski definition) is 2. The largest absolute Gasteiger partial charge is 0.507 e. The Morgan fingerprint density at radius 3 is 2.95 bits per heavy atom. The number of ether oxygens (including phenoxy) is 1. The van der Waals surface area contributed by atoms with E-state index in [1.807, 2.05) is 18.2 Å². The number of carbonyl (C=O) groups excluding carboxylic acids is 1.